The van der Waals surface area contributed by atoms with Crippen molar-refractivity contribution in [2.45, 2.75) is 48.8 Å². The minimum atomic E-state index is -3.60. The van der Waals surface area contributed by atoms with Crippen LogP contribution in [0.15, 0.2) is 71.8 Å². The van der Waals surface area contributed by atoms with E-state index < -0.39 is 20.9 Å². The van der Waals surface area contributed by atoms with E-state index in [0.717, 1.165) is 50.4 Å². The highest BCUT2D eigenvalue weighted by Gasteiger charge is 2.33. The first-order chi connectivity index (χ1) is 20.2. The normalized spacial score (nSPS) is 17.2. The van der Waals surface area contributed by atoms with Crippen LogP contribution in [0.25, 0.3) is 0 Å². The third kappa shape index (κ3) is 7.04. The molecule has 0 unspecified atom stereocenters. The zero-order chi connectivity index (χ0) is 29.7. The molecule has 222 valence electrons. The van der Waals surface area contributed by atoms with E-state index in [1.165, 1.54) is 23.9 Å². The summed E-state index contributed by atoms with van der Waals surface area (Å²) < 4.78 is 44.3. The van der Waals surface area contributed by atoms with Gasteiger partial charge in [0, 0.05) is 37.8 Å². The predicted octanol–water partition coefficient (Wildman–Crippen LogP) is 4.79. The third-order valence-electron chi connectivity index (χ3n) is 8.36. The summed E-state index contributed by atoms with van der Waals surface area (Å²) in [6.07, 6.45) is 4.43. The molecule has 2 aliphatic heterocycles. The lowest BCUT2D eigenvalue weighted by Crippen LogP contribution is -2.42. The number of pyridine rings is 1. The van der Waals surface area contributed by atoms with Crippen LogP contribution < -0.4 is 4.74 Å². The number of ketones is 1. The smallest absolute Gasteiger partial charge is 0.272 e. The van der Waals surface area contributed by atoms with Gasteiger partial charge in [-0.1, -0.05) is 12.1 Å². The van der Waals surface area contributed by atoms with Gasteiger partial charge in [0.1, 0.15) is 17.3 Å². The van der Waals surface area contributed by atoms with Gasteiger partial charge in [-0.05, 0) is 98.8 Å². The number of piperidine rings is 2. The van der Waals surface area contributed by atoms with E-state index in [4.69, 9.17) is 4.74 Å². The molecule has 42 heavy (non-hydrogen) atoms. The molecule has 0 radical (unpaired) electrons. The number of ether oxygens (including phenoxy) is 1. The minimum Gasteiger partial charge on any atom is -0.497 e. The standard InChI is InChI=1S/C32H36FN3O5S/c1-41-27-7-2-24(3-8-27)22-35-16-12-23(13-17-35)20-31(37)25-4-11-30(34-21-25)32(38)36-18-14-29(15-19-36)42(39,40)28-9-5-26(33)6-10-28/h2-11,21,23,29H,12-20,22H2,1H3. The minimum absolute atomic E-state index is 0.0296. The van der Waals surface area contributed by atoms with Crippen molar-refractivity contribution in [3.63, 3.8) is 0 Å². The van der Waals surface area contributed by atoms with Crippen LogP contribution in [-0.4, -0.2) is 73.4 Å². The van der Waals surface area contributed by atoms with Crippen LogP contribution in [0, 0.1) is 11.7 Å². The molecule has 2 saturated heterocycles. The maximum atomic E-state index is 13.2. The summed E-state index contributed by atoms with van der Waals surface area (Å²) in [6, 6.07) is 16.2. The Bertz CT molecular complexity index is 1480. The van der Waals surface area contributed by atoms with Crippen LogP contribution in [-0.2, 0) is 16.4 Å². The Morgan fingerprint density at radius 2 is 1.57 bits per heavy atom. The Morgan fingerprint density at radius 1 is 0.905 bits per heavy atom. The van der Waals surface area contributed by atoms with Gasteiger partial charge in [-0.25, -0.2) is 12.8 Å². The number of carbonyl (C=O) groups excluding carboxylic acids is 2. The molecule has 0 saturated carbocycles. The van der Waals surface area contributed by atoms with Crippen molar-refractivity contribution < 1.29 is 27.1 Å². The van der Waals surface area contributed by atoms with Crippen LogP contribution in [0.1, 0.15) is 58.5 Å². The maximum absolute atomic E-state index is 13.2. The molecule has 2 aromatic carbocycles. The molecule has 0 aliphatic carbocycles. The second-order valence-corrected chi connectivity index (χ2v) is 13.3. The van der Waals surface area contributed by atoms with Crippen LogP contribution in [0.5, 0.6) is 5.75 Å². The fourth-order valence-electron chi connectivity index (χ4n) is 5.75. The van der Waals surface area contributed by atoms with Gasteiger partial charge < -0.3 is 9.64 Å². The van der Waals surface area contributed by atoms with E-state index >= 15 is 0 Å². The molecule has 2 aliphatic rings. The largest absolute Gasteiger partial charge is 0.497 e. The molecule has 0 spiro atoms. The lowest BCUT2D eigenvalue weighted by Gasteiger charge is -2.32. The van der Waals surface area contributed by atoms with Gasteiger partial charge in [-0.2, -0.15) is 0 Å². The van der Waals surface area contributed by atoms with Gasteiger partial charge in [0.15, 0.2) is 15.6 Å². The number of halogens is 1. The van der Waals surface area contributed by atoms with Crippen LogP contribution in [0.4, 0.5) is 4.39 Å². The first-order valence-corrected chi connectivity index (χ1v) is 15.9. The Hall–Kier alpha value is -3.63. The first-order valence-electron chi connectivity index (χ1n) is 14.4. The molecule has 1 amide bonds. The quantitative estimate of drug-likeness (QED) is 0.260. The van der Waals surface area contributed by atoms with E-state index in [2.05, 4.69) is 22.0 Å². The maximum Gasteiger partial charge on any atom is 0.272 e. The number of likely N-dealkylation sites (tertiary alicyclic amines) is 2. The van der Waals surface area contributed by atoms with Gasteiger partial charge in [-0.15, -0.1) is 0 Å². The summed E-state index contributed by atoms with van der Waals surface area (Å²) >= 11 is 0. The van der Waals surface area contributed by atoms with Crippen molar-refractivity contribution in [1.82, 2.24) is 14.8 Å². The van der Waals surface area contributed by atoms with E-state index in [1.54, 1.807) is 24.1 Å². The molecule has 10 heteroatoms. The van der Waals surface area contributed by atoms with Crippen molar-refractivity contribution in [2.24, 2.45) is 5.92 Å². The molecule has 5 rings (SSSR count). The molecule has 3 aromatic rings. The van der Waals surface area contributed by atoms with Crippen molar-refractivity contribution in [2.75, 3.05) is 33.3 Å². The summed E-state index contributed by atoms with van der Waals surface area (Å²) in [5, 5.41) is -0.630. The predicted molar refractivity (Wildman–Crippen MR) is 157 cm³/mol. The Kier molecular flexibility index (Phi) is 9.33. The zero-order valence-electron chi connectivity index (χ0n) is 23.7. The highest BCUT2D eigenvalue weighted by atomic mass is 32.2. The van der Waals surface area contributed by atoms with Gasteiger partial charge >= 0.3 is 0 Å². The highest BCUT2D eigenvalue weighted by Crippen LogP contribution is 2.27. The average molecular weight is 594 g/mol. The lowest BCUT2D eigenvalue weighted by molar-refractivity contribution is 0.0719. The number of aromatic nitrogens is 1. The van der Waals surface area contributed by atoms with E-state index in [0.29, 0.717) is 30.7 Å². The third-order valence-corrected chi connectivity index (χ3v) is 10.6. The Labute approximate surface area is 246 Å². The fraction of sp³-hybridized carbons (Fsp3) is 0.406. The van der Waals surface area contributed by atoms with E-state index in [9.17, 15) is 22.4 Å². The van der Waals surface area contributed by atoms with Crippen molar-refractivity contribution in [3.05, 3.63) is 89.5 Å². The SMILES string of the molecule is COc1ccc(CN2CCC(CC(=O)c3ccc(C(=O)N4CCC(S(=O)(=O)c5ccc(F)cc5)CC4)nc3)CC2)cc1. The van der Waals surface area contributed by atoms with Gasteiger partial charge in [0.2, 0.25) is 0 Å². The lowest BCUT2D eigenvalue weighted by atomic mass is 9.90. The molecule has 2 fully saturated rings. The van der Waals surface area contributed by atoms with Crippen molar-refractivity contribution >= 4 is 21.5 Å². The Morgan fingerprint density at radius 3 is 2.17 bits per heavy atom. The number of hydrogen-bond donors (Lipinski definition) is 0. The molecule has 0 N–H and O–H groups in total. The fourth-order valence-corrected chi connectivity index (χ4v) is 7.48. The number of rotatable bonds is 9. The number of benzene rings is 2. The average Bonchev–Trinajstić information content (AvgIpc) is 3.02. The Balaban J connectivity index is 1.08. The van der Waals surface area contributed by atoms with Crippen LogP contribution >= 0.6 is 0 Å². The number of Topliss-reactive ketones (excluding diaryl/α,β-unsaturated/α-hetero) is 1. The van der Waals surface area contributed by atoms with Crippen molar-refractivity contribution in [1.29, 1.82) is 0 Å². The first kappa shape index (κ1) is 29.8. The molecule has 8 nitrogen and oxygen atoms in total. The number of methoxy groups -OCH3 is 1. The zero-order valence-corrected chi connectivity index (χ0v) is 24.6. The summed E-state index contributed by atoms with van der Waals surface area (Å²) in [7, 11) is -1.95. The van der Waals surface area contributed by atoms with Crippen molar-refractivity contribution in [3.8, 4) is 5.75 Å². The molecule has 0 atom stereocenters. The van der Waals surface area contributed by atoms with E-state index in [-0.39, 0.29) is 35.4 Å². The number of amides is 1. The number of carbonyl (C=O) groups is 2. The second-order valence-electron chi connectivity index (χ2n) is 11.1. The summed E-state index contributed by atoms with van der Waals surface area (Å²) in [6.45, 7) is 3.33. The van der Waals surface area contributed by atoms with Crippen LogP contribution in [0.2, 0.25) is 0 Å². The summed E-state index contributed by atoms with van der Waals surface area (Å²) in [5.74, 6) is 0.424. The summed E-state index contributed by atoms with van der Waals surface area (Å²) in [5.41, 5.74) is 1.97. The monoisotopic (exact) mass is 593 g/mol. The summed E-state index contributed by atoms with van der Waals surface area (Å²) in [4.78, 5) is 34.4. The van der Waals surface area contributed by atoms with E-state index in [1.807, 2.05) is 12.1 Å². The van der Waals surface area contributed by atoms with Gasteiger partial charge in [0.05, 0.1) is 17.3 Å². The van der Waals surface area contributed by atoms with Gasteiger partial charge in [0.25, 0.3) is 5.91 Å². The molecule has 0 bridgehead atoms. The number of nitrogens with zero attached hydrogens (tertiary/aromatic N) is 3. The molecule has 1 aromatic heterocycles. The highest BCUT2D eigenvalue weighted by molar-refractivity contribution is 7.92. The van der Waals surface area contributed by atoms with Gasteiger partial charge in [-0.3, -0.25) is 19.5 Å². The topological polar surface area (TPSA) is 96.9 Å². The molecular weight excluding hydrogens is 557 g/mol. The second kappa shape index (κ2) is 13.1. The molecular formula is C32H36FN3O5S. The van der Waals surface area contributed by atoms with Crippen LogP contribution in [0.3, 0.4) is 0 Å². The molecule has 3 heterocycles. The number of hydrogen-bond acceptors (Lipinski definition) is 7. The number of sulfone groups is 1.